The van der Waals surface area contributed by atoms with Crippen LogP contribution in [0.5, 0.6) is 0 Å². The van der Waals surface area contributed by atoms with E-state index in [4.69, 9.17) is 9.84 Å². The first-order chi connectivity index (χ1) is 18.1. The molecule has 2 amide bonds. The fraction of sp³-hybridized carbons (Fsp3) is 0.440. The number of anilines is 1. The van der Waals surface area contributed by atoms with E-state index < -0.39 is 21.7 Å². The summed E-state index contributed by atoms with van der Waals surface area (Å²) in [6, 6.07) is 7.38. The lowest BCUT2D eigenvalue weighted by atomic mass is 9.82. The normalized spacial score (nSPS) is 16.4. The molecule has 0 atom stereocenters. The van der Waals surface area contributed by atoms with Crippen LogP contribution in [0.25, 0.3) is 16.7 Å². The van der Waals surface area contributed by atoms with Crippen LogP contribution in [-0.4, -0.2) is 79.1 Å². The maximum Gasteiger partial charge on any atom is 0.409 e. The molecule has 3 aromatic rings. The molecule has 1 saturated heterocycles. The van der Waals surface area contributed by atoms with Crippen LogP contribution < -0.4 is 9.62 Å². The van der Waals surface area contributed by atoms with E-state index in [1.54, 1.807) is 34.7 Å². The van der Waals surface area contributed by atoms with Gasteiger partial charge in [-0.05, 0) is 50.1 Å². The van der Waals surface area contributed by atoms with Crippen molar-refractivity contribution in [3.8, 4) is 5.69 Å². The molecule has 2 aliphatic rings. The van der Waals surface area contributed by atoms with Crippen molar-refractivity contribution in [2.75, 3.05) is 43.9 Å². The van der Waals surface area contributed by atoms with Crippen LogP contribution in [-0.2, 0) is 14.8 Å². The Morgan fingerprint density at radius 2 is 1.82 bits per heavy atom. The first kappa shape index (κ1) is 25.9. The standard InChI is InChI=1S/C25H29FN6O5S/c1-3-37-25(34)31-13-11-30(12-14-31)20-15-19(24(33)29-38(2,35)36)27-23-21(20)22(16-5-4-6-16)28-32(23)18-9-7-17(26)8-10-18/h7-10,15-16H,3-6,11-14H2,1-2H3,(H,29,33). The average molecular weight is 545 g/mol. The number of nitrogens with zero attached hydrogens (tertiary/aromatic N) is 5. The van der Waals surface area contributed by atoms with Crippen molar-refractivity contribution in [3.05, 3.63) is 47.5 Å². The Balaban J connectivity index is 1.65. The summed E-state index contributed by atoms with van der Waals surface area (Å²) in [5.74, 6) is -1.06. The predicted octanol–water partition coefficient (Wildman–Crippen LogP) is 2.80. The summed E-state index contributed by atoms with van der Waals surface area (Å²) in [4.78, 5) is 33.4. The quantitative estimate of drug-likeness (QED) is 0.502. The lowest BCUT2D eigenvalue weighted by Crippen LogP contribution is -2.49. The maximum absolute atomic E-state index is 13.7. The number of piperazine rings is 1. The third kappa shape index (κ3) is 5.15. The van der Waals surface area contributed by atoms with Crippen LogP contribution in [0.4, 0.5) is 14.9 Å². The van der Waals surface area contributed by atoms with E-state index >= 15 is 0 Å². The van der Waals surface area contributed by atoms with Crippen molar-refractivity contribution in [3.63, 3.8) is 0 Å². The number of fused-ring (bicyclic) bond motifs is 1. The van der Waals surface area contributed by atoms with Crippen LogP contribution in [0.3, 0.4) is 0 Å². The fourth-order valence-electron chi connectivity index (χ4n) is 4.78. The lowest BCUT2D eigenvalue weighted by molar-refractivity contribution is 0.0976. The van der Waals surface area contributed by atoms with E-state index in [-0.39, 0.29) is 24.3 Å². The summed E-state index contributed by atoms with van der Waals surface area (Å²) in [6.45, 7) is 3.81. The van der Waals surface area contributed by atoms with Crippen molar-refractivity contribution in [1.29, 1.82) is 0 Å². The molecule has 38 heavy (non-hydrogen) atoms. The molecule has 5 rings (SSSR count). The third-order valence-corrected chi connectivity index (χ3v) is 7.42. The van der Waals surface area contributed by atoms with Gasteiger partial charge in [-0.2, -0.15) is 5.10 Å². The van der Waals surface area contributed by atoms with E-state index in [9.17, 15) is 22.4 Å². The number of carbonyl (C=O) groups is 2. The number of benzene rings is 1. The minimum atomic E-state index is -3.83. The van der Waals surface area contributed by atoms with Gasteiger partial charge in [-0.15, -0.1) is 0 Å². The molecular formula is C25H29FN6O5S. The van der Waals surface area contributed by atoms with E-state index in [1.807, 2.05) is 4.72 Å². The molecule has 1 aliphatic carbocycles. The number of halogens is 1. The molecule has 1 aliphatic heterocycles. The highest BCUT2D eigenvalue weighted by atomic mass is 32.2. The summed E-state index contributed by atoms with van der Waals surface area (Å²) in [5, 5.41) is 5.64. The first-order valence-electron chi connectivity index (χ1n) is 12.5. The number of amides is 2. The van der Waals surface area contributed by atoms with Crippen molar-refractivity contribution in [2.24, 2.45) is 0 Å². The van der Waals surface area contributed by atoms with Crippen LogP contribution in [0.15, 0.2) is 30.3 Å². The van der Waals surface area contributed by atoms with E-state index in [2.05, 4.69) is 9.88 Å². The lowest BCUT2D eigenvalue weighted by Gasteiger charge is -2.36. The zero-order valence-electron chi connectivity index (χ0n) is 21.2. The molecule has 1 saturated carbocycles. The summed E-state index contributed by atoms with van der Waals surface area (Å²) >= 11 is 0. The minimum Gasteiger partial charge on any atom is -0.450 e. The largest absolute Gasteiger partial charge is 0.450 e. The van der Waals surface area contributed by atoms with Gasteiger partial charge in [0.2, 0.25) is 10.0 Å². The van der Waals surface area contributed by atoms with E-state index in [0.717, 1.165) is 36.6 Å². The van der Waals surface area contributed by atoms with Gasteiger partial charge in [0.15, 0.2) is 5.65 Å². The molecule has 0 unspecified atom stereocenters. The number of sulfonamides is 1. The Morgan fingerprint density at radius 3 is 2.39 bits per heavy atom. The highest BCUT2D eigenvalue weighted by molar-refractivity contribution is 7.89. The number of carbonyl (C=O) groups excluding carboxylic acids is 2. The van der Waals surface area contributed by atoms with Gasteiger partial charge in [-0.3, -0.25) is 4.79 Å². The monoisotopic (exact) mass is 544 g/mol. The number of pyridine rings is 1. The third-order valence-electron chi connectivity index (χ3n) is 6.86. The molecule has 2 aromatic heterocycles. The molecule has 13 heteroatoms. The highest BCUT2D eigenvalue weighted by Gasteiger charge is 2.32. The van der Waals surface area contributed by atoms with Gasteiger partial charge in [0.25, 0.3) is 5.91 Å². The van der Waals surface area contributed by atoms with Crippen LogP contribution in [0.2, 0.25) is 0 Å². The van der Waals surface area contributed by atoms with Gasteiger partial charge in [0.1, 0.15) is 11.5 Å². The summed E-state index contributed by atoms with van der Waals surface area (Å²) in [6.07, 6.45) is 3.52. The predicted molar refractivity (Wildman–Crippen MR) is 139 cm³/mol. The van der Waals surface area contributed by atoms with Crippen LogP contribution in [0.1, 0.15) is 48.3 Å². The molecule has 0 spiro atoms. The van der Waals surface area contributed by atoms with Crippen LogP contribution >= 0.6 is 0 Å². The molecule has 3 heterocycles. The van der Waals surface area contributed by atoms with E-state index in [0.29, 0.717) is 43.2 Å². The number of rotatable bonds is 6. The molecular weight excluding hydrogens is 515 g/mol. The summed E-state index contributed by atoms with van der Waals surface area (Å²) < 4.78 is 46.0. The topological polar surface area (TPSA) is 127 Å². The molecule has 0 bridgehead atoms. The zero-order valence-corrected chi connectivity index (χ0v) is 22.0. The average Bonchev–Trinajstić information content (AvgIpc) is 3.21. The minimum absolute atomic E-state index is 0.0887. The molecule has 2 fully saturated rings. The van der Waals surface area contributed by atoms with Gasteiger partial charge in [-0.1, -0.05) is 6.42 Å². The van der Waals surface area contributed by atoms with Crippen molar-refractivity contribution >= 4 is 38.7 Å². The smallest absolute Gasteiger partial charge is 0.409 e. The number of ether oxygens (including phenoxy) is 1. The Morgan fingerprint density at radius 1 is 1.13 bits per heavy atom. The molecule has 1 aromatic carbocycles. The van der Waals surface area contributed by atoms with Gasteiger partial charge < -0.3 is 14.5 Å². The Kier molecular flexibility index (Phi) is 6.95. The van der Waals surface area contributed by atoms with Crippen molar-refractivity contribution in [1.82, 2.24) is 24.4 Å². The molecule has 202 valence electrons. The Bertz CT molecular complexity index is 1480. The number of aromatic nitrogens is 3. The van der Waals surface area contributed by atoms with Gasteiger partial charge in [0, 0.05) is 32.1 Å². The highest BCUT2D eigenvalue weighted by Crippen LogP contribution is 2.42. The number of hydrogen-bond acceptors (Lipinski definition) is 8. The summed E-state index contributed by atoms with van der Waals surface area (Å²) in [5.41, 5.74) is 2.37. The Hall–Kier alpha value is -3.74. The zero-order chi connectivity index (χ0) is 27.0. The van der Waals surface area contributed by atoms with Crippen molar-refractivity contribution in [2.45, 2.75) is 32.1 Å². The summed E-state index contributed by atoms with van der Waals surface area (Å²) in [7, 11) is -3.83. The second kappa shape index (κ2) is 10.2. The van der Waals surface area contributed by atoms with E-state index in [1.165, 1.54) is 12.1 Å². The molecule has 0 radical (unpaired) electrons. The molecule has 1 N–H and O–H groups in total. The van der Waals surface area contributed by atoms with Gasteiger partial charge in [0.05, 0.1) is 35.3 Å². The fourth-order valence-corrected chi connectivity index (χ4v) is 5.22. The maximum atomic E-state index is 13.7. The number of nitrogens with one attached hydrogen (secondary N) is 1. The second-order valence-electron chi connectivity index (χ2n) is 9.50. The first-order valence-corrected chi connectivity index (χ1v) is 14.4. The van der Waals surface area contributed by atoms with Crippen LogP contribution in [0, 0.1) is 5.82 Å². The number of hydrogen-bond donors (Lipinski definition) is 1. The molecule has 11 nitrogen and oxygen atoms in total. The SMILES string of the molecule is CCOC(=O)N1CCN(c2cc(C(=O)NS(C)(=O)=O)nc3c2c(C2CCC2)nn3-c2ccc(F)cc2)CC1. The van der Waals surface area contributed by atoms with Gasteiger partial charge >= 0.3 is 6.09 Å². The van der Waals surface area contributed by atoms with Gasteiger partial charge in [-0.25, -0.2) is 32.0 Å². The Labute approximate surface area is 219 Å². The van der Waals surface area contributed by atoms with Crippen molar-refractivity contribution < 1.29 is 27.1 Å². The second-order valence-corrected chi connectivity index (χ2v) is 11.3.